The summed E-state index contributed by atoms with van der Waals surface area (Å²) in [5.74, 6) is -0.0254. The number of nitrogens with one attached hydrogen (secondary N) is 1. The van der Waals surface area contributed by atoms with Crippen LogP contribution in [0.5, 0.6) is 0 Å². The van der Waals surface area contributed by atoms with Gasteiger partial charge in [0.05, 0.1) is 5.52 Å². The lowest BCUT2D eigenvalue weighted by Gasteiger charge is -2.30. The molecule has 0 aliphatic carbocycles. The highest BCUT2D eigenvalue weighted by Crippen LogP contribution is 2.18. The van der Waals surface area contributed by atoms with E-state index in [9.17, 15) is 4.79 Å². The summed E-state index contributed by atoms with van der Waals surface area (Å²) in [5.41, 5.74) is 7.30. The highest BCUT2D eigenvalue weighted by molar-refractivity contribution is 6.04. The average molecular weight is 244 g/mol. The van der Waals surface area contributed by atoms with Gasteiger partial charge in [-0.3, -0.25) is 9.89 Å². The van der Waals surface area contributed by atoms with Crippen molar-refractivity contribution < 1.29 is 4.79 Å². The van der Waals surface area contributed by atoms with Crippen LogP contribution in [-0.4, -0.2) is 40.1 Å². The molecule has 1 aromatic heterocycles. The second-order valence-electron chi connectivity index (χ2n) is 4.77. The topological polar surface area (TPSA) is 75.0 Å². The summed E-state index contributed by atoms with van der Waals surface area (Å²) < 4.78 is 0. The molecule has 0 saturated carbocycles. The standard InChI is InChI=1S/C13H16N4O/c14-9-4-3-7-17(8-9)13(18)12-10-5-1-2-6-11(10)15-16-12/h1-2,5-6,9H,3-4,7-8,14H2,(H,15,16). The van der Waals surface area contributed by atoms with Crippen LogP contribution in [0.4, 0.5) is 0 Å². The van der Waals surface area contributed by atoms with Gasteiger partial charge in [0.15, 0.2) is 5.69 Å². The number of nitrogens with zero attached hydrogens (tertiary/aromatic N) is 2. The maximum Gasteiger partial charge on any atom is 0.275 e. The predicted octanol–water partition coefficient (Wildman–Crippen LogP) is 1.13. The fourth-order valence-corrected chi connectivity index (χ4v) is 2.47. The summed E-state index contributed by atoms with van der Waals surface area (Å²) in [5, 5.41) is 7.91. The van der Waals surface area contributed by atoms with Crippen molar-refractivity contribution in [2.24, 2.45) is 5.73 Å². The molecule has 1 saturated heterocycles. The minimum absolute atomic E-state index is 0.0254. The minimum atomic E-state index is -0.0254. The minimum Gasteiger partial charge on any atom is -0.336 e. The molecule has 1 unspecified atom stereocenters. The zero-order chi connectivity index (χ0) is 12.5. The van der Waals surface area contributed by atoms with E-state index in [4.69, 9.17) is 5.73 Å². The van der Waals surface area contributed by atoms with Crippen molar-refractivity contribution in [1.29, 1.82) is 0 Å². The van der Waals surface area contributed by atoms with Gasteiger partial charge in [-0.1, -0.05) is 18.2 Å². The first-order chi connectivity index (χ1) is 8.75. The Kier molecular flexibility index (Phi) is 2.76. The Labute approximate surface area is 105 Å². The van der Waals surface area contributed by atoms with Gasteiger partial charge in [-0.25, -0.2) is 0 Å². The second kappa shape index (κ2) is 4.42. The van der Waals surface area contributed by atoms with Crippen molar-refractivity contribution in [3.63, 3.8) is 0 Å². The van der Waals surface area contributed by atoms with Gasteiger partial charge in [0.25, 0.3) is 5.91 Å². The number of aromatic amines is 1. The van der Waals surface area contributed by atoms with Crippen molar-refractivity contribution in [2.45, 2.75) is 18.9 Å². The van der Waals surface area contributed by atoms with E-state index >= 15 is 0 Å². The lowest BCUT2D eigenvalue weighted by Crippen LogP contribution is -2.45. The number of fused-ring (bicyclic) bond motifs is 1. The van der Waals surface area contributed by atoms with Gasteiger partial charge in [-0.05, 0) is 18.9 Å². The molecule has 0 radical (unpaired) electrons. The summed E-state index contributed by atoms with van der Waals surface area (Å²) in [6, 6.07) is 7.76. The molecule has 1 aliphatic heterocycles. The van der Waals surface area contributed by atoms with E-state index in [-0.39, 0.29) is 11.9 Å². The number of piperidine rings is 1. The van der Waals surface area contributed by atoms with Crippen LogP contribution in [0.15, 0.2) is 24.3 Å². The normalized spacial score (nSPS) is 20.3. The molecule has 1 atom stereocenters. The number of hydrogen-bond acceptors (Lipinski definition) is 3. The van der Waals surface area contributed by atoms with Gasteiger partial charge in [-0.2, -0.15) is 5.10 Å². The molecular weight excluding hydrogens is 228 g/mol. The molecule has 1 aliphatic rings. The lowest BCUT2D eigenvalue weighted by atomic mass is 10.1. The summed E-state index contributed by atoms with van der Waals surface area (Å²) in [7, 11) is 0. The number of benzene rings is 1. The average Bonchev–Trinajstić information content (AvgIpc) is 2.82. The maximum atomic E-state index is 12.4. The second-order valence-corrected chi connectivity index (χ2v) is 4.77. The van der Waals surface area contributed by atoms with E-state index in [2.05, 4.69) is 10.2 Å². The lowest BCUT2D eigenvalue weighted by molar-refractivity contribution is 0.0705. The number of carbonyl (C=O) groups excluding carboxylic acids is 1. The Bertz CT molecular complexity index is 577. The first-order valence-corrected chi connectivity index (χ1v) is 6.23. The summed E-state index contributed by atoms with van der Waals surface area (Å²) in [4.78, 5) is 14.2. The summed E-state index contributed by atoms with van der Waals surface area (Å²) in [6.07, 6.45) is 1.96. The summed E-state index contributed by atoms with van der Waals surface area (Å²) >= 11 is 0. The van der Waals surface area contributed by atoms with E-state index in [0.29, 0.717) is 12.2 Å². The highest BCUT2D eigenvalue weighted by atomic mass is 16.2. The third-order valence-corrected chi connectivity index (χ3v) is 3.42. The van der Waals surface area contributed by atoms with E-state index in [1.165, 1.54) is 0 Å². The number of likely N-dealkylation sites (tertiary alicyclic amines) is 1. The van der Waals surface area contributed by atoms with Crippen LogP contribution in [0.3, 0.4) is 0 Å². The molecule has 2 aromatic rings. The van der Waals surface area contributed by atoms with E-state index in [1.807, 2.05) is 24.3 Å². The number of rotatable bonds is 1. The van der Waals surface area contributed by atoms with Crippen molar-refractivity contribution in [2.75, 3.05) is 13.1 Å². The fraction of sp³-hybridized carbons (Fsp3) is 0.385. The molecule has 0 spiro atoms. The van der Waals surface area contributed by atoms with Crippen LogP contribution in [0.1, 0.15) is 23.3 Å². The van der Waals surface area contributed by atoms with Gasteiger partial charge < -0.3 is 10.6 Å². The van der Waals surface area contributed by atoms with Crippen molar-refractivity contribution in [3.05, 3.63) is 30.0 Å². The van der Waals surface area contributed by atoms with Crippen LogP contribution in [-0.2, 0) is 0 Å². The maximum absolute atomic E-state index is 12.4. The predicted molar refractivity (Wildman–Crippen MR) is 69.2 cm³/mol. The zero-order valence-electron chi connectivity index (χ0n) is 10.1. The number of para-hydroxylation sites is 1. The molecule has 18 heavy (non-hydrogen) atoms. The van der Waals surface area contributed by atoms with E-state index < -0.39 is 0 Å². The third kappa shape index (κ3) is 1.86. The van der Waals surface area contributed by atoms with E-state index in [0.717, 1.165) is 30.3 Å². The van der Waals surface area contributed by atoms with Crippen molar-refractivity contribution in [3.8, 4) is 0 Å². The smallest absolute Gasteiger partial charge is 0.275 e. The van der Waals surface area contributed by atoms with Gasteiger partial charge >= 0.3 is 0 Å². The fourth-order valence-electron chi connectivity index (χ4n) is 2.47. The molecular formula is C13H16N4O. The Morgan fingerprint density at radius 3 is 3.11 bits per heavy atom. The third-order valence-electron chi connectivity index (χ3n) is 3.42. The quantitative estimate of drug-likeness (QED) is 0.789. The number of nitrogens with two attached hydrogens (primary N) is 1. The number of aromatic nitrogens is 2. The molecule has 5 heteroatoms. The Morgan fingerprint density at radius 2 is 2.28 bits per heavy atom. The first-order valence-electron chi connectivity index (χ1n) is 6.23. The summed E-state index contributed by atoms with van der Waals surface area (Å²) in [6.45, 7) is 1.40. The highest BCUT2D eigenvalue weighted by Gasteiger charge is 2.25. The molecule has 5 nitrogen and oxygen atoms in total. The van der Waals surface area contributed by atoms with Crippen LogP contribution >= 0.6 is 0 Å². The SMILES string of the molecule is NC1CCCN(C(=O)c2n[nH]c3ccccc23)C1. The molecule has 0 bridgehead atoms. The van der Waals surface area contributed by atoms with Crippen molar-refractivity contribution >= 4 is 16.8 Å². The van der Waals surface area contributed by atoms with Gasteiger partial charge in [-0.15, -0.1) is 0 Å². The van der Waals surface area contributed by atoms with Crippen molar-refractivity contribution in [1.82, 2.24) is 15.1 Å². The number of carbonyl (C=O) groups is 1. The Hall–Kier alpha value is -1.88. The van der Waals surface area contributed by atoms with Gasteiger partial charge in [0, 0.05) is 24.5 Å². The zero-order valence-corrected chi connectivity index (χ0v) is 10.1. The van der Waals surface area contributed by atoms with Crippen LogP contribution < -0.4 is 5.73 Å². The molecule has 2 heterocycles. The monoisotopic (exact) mass is 244 g/mol. The molecule has 1 fully saturated rings. The molecule has 1 aromatic carbocycles. The molecule has 1 amide bonds. The van der Waals surface area contributed by atoms with Gasteiger partial charge in [0.1, 0.15) is 0 Å². The number of amides is 1. The van der Waals surface area contributed by atoms with Crippen LogP contribution in [0.25, 0.3) is 10.9 Å². The largest absolute Gasteiger partial charge is 0.336 e. The Morgan fingerprint density at radius 1 is 1.44 bits per heavy atom. The van der Waals surface area contributed by atoms with Gasteiger partial charge in [0.2, 0.25) is 0 Å². The molecule has 3 rings (SSSR count). The number of hydrogen-bond donors (Lipinski definition) is 2. The molecule has 94 valence electrons. The molecule has 3 N–H and O–H groups in total. The van der Waals surface area contributed by atoms with Crippen LogP contribution in [0.2, 0.25) is 0 Å². The number of H-pyrrole nitrogens is 1. The van der Waals surface area contributed by atoms with Crippen LogP contribution in [0, 0.1) is 0 Å². The Balaban J connectivity index is 1.92. The van der Waals surface area contributed by atoms with E-state index in [1.54, 1.807) is 4.90 Å². The first kappa shape index (κ1) is 11.2.